The summed E-state index contributed by atoms with van der Waals surface area (Å²) in [6.07, 6.45) is 3.81. The highest BCUT2D eigenvalue weighted by atomic mass is 32.1. The molecule has 4 nitrogen and oxygen atoms in total. The third kappa shape index (κ3) is 2.63. The van der Waals surface area contributed by atoms with E-state index in [2.05, 4.69) is 11.5 Å². The van der Waals surface area contributed by atoms with E-state index in [-0.39, 0.29) is 5.91 Å². The van der Waals surface area contributed by atoms with Crippen LogP contribution in [-0.4, -0.2) is 10.9 Å². The molecule has 1 aliphatic rings. The second-order valence-electron chi connectivity index (χ2n) is 5.83. The van der Waals surface area contributed by atoms with Crippen LogP contribution in [0.15, 0.2) is 72.8 Å². The maximum Gasteiger partial charge on any atom is 0.256 e. The first-order valence-corrected chi connectivity index (χ1v) is 8.44. The topological polar surface area (TPSA) is 56.1 Å². The number of thiocarbonyl (C=S) groups is 1. The van der Waals surface area contributed by atoms with Gasteiger partial charge >= 0.3 is 0 Å². The molecule has 124 valence electrons. The number of hydrogen-bond donors (Lipinski definition) is 1. The average Bonchev–Trinajstić information content (AvgIpc) is 2.98. The fourth-order valence-electron chi connectivity index (χ4n) is 3.10. The number of nitrogens with zero attached hydrogens (tertiary/aromatic N) is 2. The van der Waals surface area contributed by atoms with Crippen molar-refractivity contribution in [3.05, 3.63) is 83.9 Å². The number of amides is 1. The first kappa shape index (κ1) is 16.0. The summed E-state index contributed by atoms with van der Waals surface area (Å²) in [5.74, 6) is -0.164. The van der Waals surface area contributed by atoms with Crippen LogP contribution in [0.1, 0.15) is 15.9 Å². The molecule has 1 aliphatic heterocycles. The number of fused-ring (bicyclic) bond motifs is 2. The molecule has 0 saturated heterocycles. The minimum atomic E-state index is -0.164. The van der Waals surface area contributed by atoms with Gasteiger partial charge in [0.1, 0.15) is 4.99 Å². The molecule has 0 saturated carbocycles. The maximum absolute atomic E-state index is 12.1. The lowest BCUT2D eigenvalue weighted by Crippen LogP contribution is -2.23. The maximum atomic E-state index is 12.1. The minimum Gasteiger partial charge on any atom is -0.321 e. The van der Waals surface area contributed by atoms with E-state index in [0.717, 1.165) is 16.3 Å². The Labute approximate surface area is 156 Å². The zero-order valence-corrected chi connectivity index (χ0v) is 14.5. The van der Waals surface area contributed by atoms with E-state index < -0.39 is 0 Å². The highest BCUT2D eigenvalue weighted by molar-refractivity contribution is 7.81. The first-order chi connectivity index (χ1) is 12.7. The van der Waals surface area contributed by atoms with Crippen molar-refractivity contribution in [1.82, 2.24) is 5.32 Å². The summed E-state index contributed by atoms with van der Waals surface area (Å²) in [7, 11) is 0. The third-order valence-electron chi connectivity index (χ3n) is 4.31. The predicted octanol–water partition coefficient (Wildman–Crippen LogP) is 4.24. The second-order valence-corrected chi connectivity index (χ2v) is 6.25. The number of anilines is 1. The molecule has 0 unspecified atom stereocenters. The lowest BCUT2D eigenvalue weighted by Gasteiger charge is -2.17. The van der Waals surface area contributed by atoms with Crippen molar-refractivity contribution >= 4 is 45.3 Å². The van der Waals surface area contributed by atoms with Crippen molar-refractivity contribution in [2.24, 2.45) is 0 Å². The SMILES string of the molecule is N#CN(C(=S)C=C1NC(=O)c2ccccc21)c1cccc2ccccc12. The van der Waals surface area contributed by atoms with E-state index >= 15 is 0 Å². The molecule has 0 bridgehead atoms. The smallest absolute Gasteiger partial charge is 0.256 e. The predicted molar refractivity (Wildman–Crippen MR) is 107 cm³/mol. The molecule has 0 atom stereocenters. The quantitative estimate of drug-likeness (QED) is 0.323. The summed E-state index contributed by atoms with van der Waals surface area (Å²) in [5.41, 5.74) is 2.71. The monoisotopic (exact) mass is 355 g/mol. The number of rotatable bonds is 2. The fraction of sp³-hybridized carbons (Fsp3) is 0. The van der Waals surface area contributed by atoms with Crippen molar-refractivity contribution in [3.63, 3.8) is 0 Å². The van der Waals surface area contributed by atoms with Crippen LogP contribution in [0.4, 0.5) is 5.69 Å². The Kier molecular flexibility index (Phi) is 3.96. The molecule has 1 amide bonds. The molecule has 1 N–H and O–H groups in total. The first-order valence-electron chi connectivity index (χ1n) is 8.03. The van der Waals surface area contributed by atoms with Gasteiger partial charge in [-0.15, -0.1) is 0 Å². The van der Waals surface area contributed by atoms with Gasteiger partial charge in [0.05, 0.1) is 11.4 Å². The number of benzene rings is 3. The zero-order valence-electron chi connectivity index (χ0n) is 13.6. The van der Waals surface area contributed by atoms with Gasteiger partial charge in [0, 0.05) is 16.5 Å². The Morgan fingerprint density at radius 3 is 2.50 bits per heavy atom. The van der Waals surface area contributed by atoms with Crippen molar-refractivity contribution in [2.45, 2.75) is 0 Å². The standard InChI is InChI=1S/C21H13N3OS/c22-13-24(19-11-5-7-14-6-1-2-8-15(14)19)20(26)12-18-16-9-3-4-10-17(16)21(25)23-18/h1-12H,(H,23,25). The number of hydrogen-bond acceptors (Lipinski definition) is 3. The van der Waals surface area contributed by atoms with E-state index in [9.17, 15) is 10.1 Å². The van der Waals surface area contributed by atoms with E-state index in [4.69, 9.17) is 12.2 Å². The molecule has 0 spiro atoms. The van der Waals surface area contributed by atoms with Crippen molar-refractivity contribution in [2.75, 3.05) is 4.90 Å². The molecule has 0 fully saturated rings. The molecular weight excluding hydrogens is 342 g/mol. The highest BCUT2D eigenvalue weighted by Gasteiger charge is 2.24. The zero-order chi connectivity index (χ0) is 18.1. The van der Waals surface area contributed by atoms with Gasteiger partial charge in [-0.25, -0.2) is 4.90 Å². The number of nitriles is 1. The summed E-state index contributed by atoms with van der Waals surface area (Å²) < 4.78 is 0. The Hall–Kier alpha value is -3.49. The van der Waals surface area contributed by atoms with E-state index in [1.165, 1.54) is 4.90 Å². The summed E-state index contributed by atoms with van der Waals surface area (Å²) >= 11 is 5.50. The van der Waals surface area contributed by atoms with Crippen molar-refractivity contribution in [3.8, 4) is 6.19 Å². The number of carbonyl (C=O) groups excluding carboxylic acids is 1. The Balaban J connectivity index is 1.76. The van der Waals surface area contributed by atoms with Gasteiger partial charge in [-0.1, -0.05) is 66.8 Å². The van der Waals surface area contributed by atoms with Crippen LogP contribution in [0.3, 0.4) is 0 Å². The lowest BCUT2D eigenvalue weighted by atomic mass is 10.1. The molecule has 0 aromatic heterocycles. The van der Waals surface area contributed by atoms with Crippen LogP contribution in [0.2, 0.25) is 0 Å². The van der Waals surface area contributed by atoms with E-state index in [0.29, 0.717) is 21.9 Å². The van der Waals surface area contributed by atoms with Crippen molar-refractivity contribution in [1.29, 1.82) is 5.26 Å². The number of nitrogens with one attached hydrogen (secondary N) is 1. The molecule has 5 heteroatoms. The second kappa shape index (κ2) is 6.43. The molecule has 26 heavy (non-hydrogen) atoms. The summed E-state index contributed by atoms with van der Waals surface area (Å²) in [5, 5.41) is 14.5. The Morgan fingerprint density at radius 2 is 1.69 bits per heavy atom. The average molecular weight is 355 g/mol. The van der Waals surface area contributed by atoms with Crippen LogP contribution in [-0.2, 0) is 0 Å². The third-order valence-corrected chi connectivity index (χ3v) is 4.61. The number of carbonyl (C=O) groups is 1. The highest BCUT2D eigenvalue weighted by Crippen LogP contribution is 2.28. The van der Waals surface area contributed by atoms with E-state index in [1.54, 1.807) is 12.1 Å². The van der Waals surface area contributed by atoms with E-state index in [1.807, 2.05) is 60.7 Å². The van der Waals surface area contributed by atoms with Crippen LogP contribution in [0, 0.1) is 11.5 Å². The molecule has 0 radical (unpaired) electrons. The largest absolute Gasteiger partial charge is 0.321 e. The van der Waals surface area contributed by atoms with Crippen LogP contribution in [0.25, 0.3) is 16.5 Å². The molecule has 3 aromatic rings. The van der Waals surface area contributed by atoms with Gasteiger partial charge in [-0.05, 0) is 23.6 Å². The summed E-state index contributed by atoms with van der Waals surface area (Å²) in [4.78, 5) is 13.8. The van der Waals surface area contributed by atoms with Crippen molar-refractivity contribution < 1.29 is 4.79 Å². The lowest BCUT2D eigenvalue weighted by molar-refractivity contribution is 0.0981. The van der Waals surface area contributed by atoms with Gasteiger partial charge in [0.25, 0.3) is 5.91 Å². The van der Waals surface area contributed by atoms with Gasteiger partial charge in [-0.3, -0.25) is 4.79 Å². The van der Waals surface area contributed by atoms with Crippen LogP contribution in [0.5, 0.6) is 0 Å². The molecule has 0 aliphatic carbocycles. The summed E-state index contributed by atoms with van der Waals surface area (Å²) in [6, 6.07) is 20.9. The Morgan fingerprint density at radius 1 is 1.00 bits per heavy atom. The molecule has 1 heterocycles. The van der Waals surface area contributed by atoms with Crippen LogP contribution >= 0.6 is 12.2 Å². The minimum absolute atomic E-state index is 0.164. The molecule has 4 rings (SSSR count). The summed E-state index contributed by atoms with van der Waals surface area (Å²) in [6.45, 7) is 0. The van der Waals surface area contributed by atoms with Gasteiger partial charge in [-0.2, -0.15) is 5.26 Å². The molecular formula is C21H13N3OS. The Bertz CT molecular complexity index is 1120. The van der Waals surface area contributed by atoms with Gasteiger partial charge in [0.15, 0.2) is 6.19 Å². The normalized spacial score (nSPS) is 14.0. The van der Waals surface area contributed by atoms with Gasteiger partial charge in [0.2, 0.25) is 0 Å². The van der Waals surface area contributed by atoms with Gasteiger partial charge < -0.3 is 5.32 Å². The fourth-order valence-corrected chi connectivity index (χ4v) is 3.36. The molecule has 3 aromatic carbocycles. The van der Waals surface area contributed by atoms with Crippen LogP contribution < -0.4 is 10.2 Å².